The van der Waals surface area contributed by atoms with E-state index >= 15 is 0 Å². The first-order chi connectivity index (χ1) is 8.42. The monoisotopic (exact) mass is 250 g/mol. The molecule has 1 amide bonds. The summed E-state index contributed by atoms with van der Waals surface area (Å²) in [5, 5.41) is 0. The van der Waals surface area contributed by atoms with Crippen LogP contribution in [0.4, 0.5) is 4.79 Å². The maximum atomic E-state index is 11.5. The predicted molar refractivity (Wildman–Crippen MR) is 72.0 cm³/mol. The summed E-state index contributed by atoms with van der Waals surface area (Å²) in [5.74, 6) is 0. The number of hydrazine groups is 1. The summed E-state index contributed by atoms with van der Waals surface area (Å²) >= 11 is 0. The lowest BCUT2D eigenvalue weighted by Gasteiger charge is -2.22. The van der Waals surface area contributed by atoms with Gasteiger partial charge in [-0.25, -0.2) is 10.2 Å². The van der Waals surface area contributed by atoms with Crippen molar-refractivity contribution in [1.82, 2.24) is 10.9 Å². The molecule has 1 unspecified atom stereocenters. The van der Waals surface area contributed by atoms with Crippen molar-refractivity contribution >= 4 is 6.09 Å². The summed E-state index contributed by atoms with van der Waals surface area (Å²) in [7, 11) is 0. The minimum absolute atomic E-state index is 0.0821. The molecule has 0 bridgehead atoms. The number of amides is 1. The number of hydrogen-bond donors (Lipinski definition) is 2. The molecule has 4 heteroatoms. The molecular weight excluding hydrogens is 228 g/mol. The lowest BCUT2D eigenvalue weighted by Crippen LogP contribution is -2.42. The van der Waals surface area contributed by atoms with Gasteiger partial charge in [-0.15, -0.1) is 0 Å². The third kappa shape index (κ3) is 5.19. The number of hydrogen-bond acceptors (Lipinski definition) is 3. The largest absolute Gasteiger partial charge is 0.443 e. The predicted octanol–water partition coefficient (Wildman–Crippen LogP) is 3.17. The van der Waals surface area contributed by atoms with Crippen LogP contribution in [0.25, 0.3) is 0 Å². The van der Waals surface area contributed by atoms with Crippen molar-refractivity contribution in [2.75, 3.05) is 0 Å². The number of carbonyl (C=O) groups is 1. The molecule has 0 radical (unpaired) electrons. The molecule has 4 nitrogen and oxygen atoms in total. The van der Waals surface area contributed by atoms with E-state index in [0.29, 0.717) is 0 Å². The van der Waals surface area contributed by atoms with Crippen LogP contribution in [-0.2, 0) is 4.74 Å². The van der Waals surface area contributed by atoms with E-state index in [1.54, 1.807) is 0 Å². The van der Waals surface area contributed by atoms with Crippen LogP contribution in [0.3, 0.4) is 0 Å². The molecule has 1 rings (SSSR count). The quantitative estimate of drug-likeness (QED) is 0.807. The van der Waals surface area contributed by atoms with Gasteiger partial charge in [-0.1, -0.05) is 37.3 Å². The molecule has 0 aliphatic heterocycles. The van der Waals surface area contributed by atoms with Gasteiger partial charge in [0.15, 0.2) is 0 Å². The lowest BCUT2D eigenvalue weighted by molar-refractivity contribution is 0.0487. The van der Waals surface area contributed by atoms with Crippen LogP contribution >= 0.6 is 0 Å². The highest BCUT2D eigenvalue weighted by molar-refractivity contribution is 5.67. The number of benzene rings is 1. The molecule has 2 N–H and O–H groups in total. The van der Waals surface area contributed by atoms with Crippen LogP contribution in [0.2, 0.25) is 0 Å². The summed E-state index contributed by atoms with van der Waals surface area (Å²) in [4.78, 5) is 11.5. The number of carbonyl (C=O) groups excluding carboxylic acids is 1. The second-order valence-electron chi connectivity index (χ2n) is 5.14. The fourth-order valence-corrected chi connectivity index (χ4v) is 1.56. The first-order valence-corrected chi connectivity index (χ1v) is 6.22. The van der Waals surface area contributed by atoms with E-state index in [-0.39, 0.29) is 6.04 Å². The third-order valence-corrected chi connectivity index (χ3v) is 2.36. The maximum absolute atomic E-state index is 11.5. The lowest BCUT2D eigenvalue weighted by atomic mass is 10.1. The van der Waals surface area contributed by atoms with Crippen molar-refractivity contribution in [2.24, 2.45) is 0 Å². The van der Waals surface area contributed by atoms with Crippen LogP contribution in [0.5, 0.6) is 0 Å². The van der Waals surface area contributed by atoms with Gasteiger partial charge in [-0.05, 0) is 32.8 Å². The Morgan fingerprint density at radius 3 is 2.39 bits per heavy atom. The van der Waals surface area contributed by atoms with Gasteiger partial charge in [0.1, 0.15) is 5.60 Å². The Hall–Kier alpha value is -1.55. The Balaban J connectivity index is 2.48. The van der Waals surface area contributed by atoms with Gasteiger partial charge < -0.3 is 4.74 Å². The first kappa shape index (κ1) is 14.5. The van der Waals surface area contributed by atoms with Crippen molar-refractivity contribution in [3.8, 4) is 0 Å². The average molecular weight is 250 g/mol. The van der Waals surface area contributed by atoms with Gasteiger partial charge in [-0.2, -0.15) is 0 Å². The minimum atomic E-state index is -0.486. The topological polar surface area (TPSA) is 50.4 Å². The minimum Gasteiger partial charge on any atom is -0.443 e. The zero-order chi connectivity index (χ0) is 13.6. The molecule has 1 atom stereocenters. The summed E-state index contributed by atoms with van der Waals surface area (Å²) in [6.45, 7) is 7.56. The van der Waals surface area contributed by atoms with Gasteiger partial charge >= 0.3 is 6.09 Å². The number of rotatable bonds is 4. The van der Waals surface area contributed by atoms with E-state index in [0.717, 1.165) is 12.0 Å². The van der Waals surface area contributed by atoms with Crippen LogP contribution in [0.15, 0.2) is 30.3 Å². The molecule has 100 valence electrons. The molecule has 0 saturated carbocycles. The summed E-state index contributed by atoms with van der Waals surface area (Å²) in [5.41, 5.74) is 6.21. The van der Waals surface area contributed by atoms with Crippen LogP contribution in [-0.4, -0.2) is 11.7 Å². The van der Waals surface area contributed by atoms with Crippen molar-refractivity contribution < 1.29 is 9.53 Å². The van der Waals surface area contributed by atoms with Gasteiger partial charge in [-0.3, -0.25) is 5.43 Å². The summed E-state index contributed by atoms with van der Waals surface area (Å²) in [6, 6.07) is 10.1. The van der Waals surface area contributed by atoms with Gasteiger partial charge in [0.05, 0.1) is 6.04 Å². The number of nitrogens with one attached hydrogen (secondary N) is 2. The fourth-order valence-electron chi connectivity index (χ4n) is 1.56. The van der Waals surface area contributed by atoms with E-state index in [9.17, 15) is 4.79 Å². The first-order valence-electron chi connectivity index (χ1n) is 6.22. The zero-order valence-corrected chi connectivity index (χ0v) is 11.5. The van der Waals surface area contributed by atoms with E-state index < -0.39 is 11.7 Å². The number of ether oxygens (including phenoxy) is 1. The molecule has 0 spiro atoms. The van der Waals surface area contributed by atoms with Crippen molar-refractivity contribution in [1.29, 1.82) is 0 Å². The molecular formula is C14H22N2O2. The standard InChI is InChI=1S/C14H22N2O2/c1-5-12(11-9-7-6-8-10-11)15-16-13(17)18-14(2,3)4/h6-10,12,15H,5H2,1-4H3,(H,16,17). The zero-order valence-electron chi connectivity index (χ0n) is 11.5. The van der Waals surface area contributed by atoms with Crippen LogP contribution in [0, 0.1) is 0 Å². The average Bonchev–Trinajstić information content (AvgIpc) is 2.29. The third-order valence-electron chi connectivity index (χ3n) is 2.36. The molecule has 0 aromatic heterocycles. The summed E-state index contributed by atoms with van der Waals surface area (Å²) in [6.07, 6.45) is 0.414. The van der Waals surface area contributed by atoms with Gasteiger partial charge in [0.2, 0.25) is 0 Å². The Morgan fingerprint density at radius 2 is 1.89 bits per heavy atom. The Morgan fingerprint density at radius 1 is 1.28 bits per heavy atom. The molecule has 1 aromatic carbocycles. The van der Waals surface area contributed by atoms with Gasteiger partial charge in [0, 0.05) is 0 Å². The SMILES string of the molecule is CCC(NNC(=O)OC(C)(C)C)c1ccccc1. The van der Waals surface area contributed by atoms with Crippen molar-refractivity contribution in [2.45, 2.75) is 45.8 Å². The highest BCUT2D eigenvalue weighted by Crippen LogP contribution is 2.15. The Kier molecular flexibility index (Phi) is 5.16. The maximum Gasteiger partial charge on any atom is 0.422 e. The second-order valence-corrected chi connectivity index (χ2v) is 5.14. The highest BCUT2D eigenvalue weighted by Gasteiger charge is 2.17. The normalized spacial score (nSPS) is 12.9. The second kappa shape index (κ2) is 6.40. The van der Waals surface area contributed by atoms with E-state index in [2.05, 4.69) is 17.8 Å². The van der Waals surface area contributed by atoms with E-state index in [1.807, 2.05) is 51.1 Å². The van der Waals surface area contributed by atoms with Crippen molar-refractivity contribution in [3.05, 3.63) is 35.9 Å². The van der Waals surface area contributed by atoms with Gasteiger partial charge in [0.25, 0.3) is 0 Å². The molecule has 1 aromatic rings. The van der Waals surface area contributed by atoms with E-state index in [4.69, 9.17) is 4.74 Å². The van der Waals surface area contributed by atoms with E-state index in [1.165, 1.54) is 0 Å². The molecule has 0 heterocycles. The Labute approximate surface area is 109 Å². The highest BCUT2D eigenvalue weighted by atomic mass is 16.6. The fraction of sp³-hybridized carbons (Fsp3) is 0.500. The molecule has 0 saturated heterocycles. The summed E-state index contributed by atoms with van der Waals surface area (Å²) < 4.78 is 5.16. The molecule has 18 heavy (non-hydrogen) atoms. The Bertz CT molecular complexity index is 371. The van der Waals surface area contributed by atoms with Crippen molar-refractivity contribution in [3.63, 3.8) is 0 Å². The van der Waals surface area contributed by atoms with Crippen LogP contribution < -0.4 is 10.9 Å². The molecule has 0 fully saturated rings. The molecule has 0 aliphatic carbocycles. The van der Waals surface area contributed by atoms with Crippen LogP contribution in [0.1, 0.15) is 45.7 Å². The molecule has 0 aliphatic rings. The smallest absolute Gasteiger partial charge is 0.422 e.